The van der Waals surface area contributed by atoms with E-state index in [1.165, 1.54) is 25.7 Å². The molecule has 0 aromatic rings. The van der Waals surface area contributed by atoms with Crippen LogP contribution in [0.5, 0.6) is 0 Å². The van der Waals surface area contributed by atoms with Gasteiger partial charge in [0.05, 0.1) is 6.10 Å². The standard InChI is InChI=1S/C11H21NO/c1-8-10(5-6-13-8)11(12-2)7-9-3-4-9/h8-12H,3-7H2,1-2H3. The number of hydrogen-bond acceptors (Lipinski definition) is 2. The molecule has 3 unspecified atom stereocenters. The van der Waals surface area contributed by atoms with Gasteiger partial charge in [0.25, 0.3) is 0 Å². The quantitative estimate of drug-likeness (QED) is 0.717. The van der Waals surface area contributed by atoms with E-state index in [1.807, 2.05) is 0 Å². The Morgan fingerprint density at radius 2 is 2.15 bits per heavy atom. The summed E-state index contributed by atoms with van der Waals surface area (Å²) in [6.07, 6.45) is 6.00. The second-order valence-corrected chi connectivity index (χ2v) is 4.60. The lowest BCUT2D eigenvalue weighted by molar-refractivity contribution is 0.0946. The van der Waals surface area contributed by atoms with Gasteiger partial charge < -0.3 is 10.1 Å². The van der Waals surface area contributed by atoms with E-state index in [9.17, 15) is 0 Å². The van der Waals surface area contributed by atoms with Crippen LogP contribution >= 0.6 is 0 Å². The summed E-state index contributed by atoms with van der Waals surface area (Å²) < 4.78 is 5.61. The minimum Gasteiger partial charge on any atom is -0.378 e. The van der Waals surface area contributed by atoms with Crippen molar-refractivity contribution in [2.24, 2.45) is 11.8 Å². The molecule has 2 rings (SSSR count). The Hall–Kier alpha value is -0.0800. The second kappa shape index (κ2) is 3.97. The van der Waals surface area contributed by atoms with E-state index in [2.05, 4.69) is 19.3 Å². The van der Waals surface area contributed by atoms with E-state index in [1.54, 1.807) is 0 Å². The molecule has 1 N–H and O–H groups in total. The fourth-order valence-electron chi connectivity index (χ4n) is 2.50. The molecule has 0 amide bonds. The molecule has 1 saturated heterocycles. The van der Waals surface area contributed by atoms with E-state index in [4.69, 9.17) is 4.74 Å². The molecule has 3 atom stereocenters. The maximum absolute atomic E-state index is 5.61. The van der Waals surface area contributed by atoms with Gasteiger partial charge in [-0.2, -0.15) is 0 Å². The SMILES string of the molecule is CNC(CC1CC1)C1CCOC1C. The lowest BCUT2D eigenvalue weighted by atomic mass is 9.90. The summed E-state index contributed by atoms with van der Waals surface area (Å²) in [7, 11) is 2.10. The second-order valence-electron chi connectivity index (χ2n) is 4.60. The predicted octanol–water partition coefficient (Wildman–Crippen LogP) is 1.80. The van der Waals surface area contributed by atoms with Crippen LogP contribution in [0, 0.1) is 11.8 Å². The molecule has 0 radical (unpaired) electrons. The van der Waals surface area contributed by atoms with Gasteiger partial charge in [0, 0.05) is 18.6 Å². The highest BCUT2D eigenvalue weighted by Crippen LogP contribution is 2.37. The van der Waals surface area contributed by atoms with Gasteiger partial charge in [-0.1, -0.05) is 12.8 Å². The van der Waals surface area contributed by atoms with Crippen molar-refractivity contribution in [3.8, 4) is 0 Å². The Balaban J connectivity index is 1.85. The largest absolute Gasteiger partial charge is 0.378 e. The van der Waals surface area contributed by atoms with E-state index >= 15 is 0 Å². The van der Waals surface area contributed by atoms with E-state index in [0.717, 1.165) is 18.4 Å². The maximum Gasteiger partial charge on any atom is 0.0590 e. The summed E-state index contributed by atoms with van der Waals surface area (Å²) in [6, 6.07) is 0.699. The fourth-order valence-corrected chi connectivity index (χ4v) is 2.50. The highest BCUT2D eigenvalue weighted by Gasteiger charge is 2.34. The zero-order valence-electron chi connectivity index (χ0n) is 8.75. The number of hydrogen-bond donors (Lipinski definition) is 1. The molecule has 0 aromatic heterocycles. The van der Waals surface area contributed by atoms with Crippen LogP contribution in [0.25, 0.3) is 0 Å². The van der Waals surface area contributed by atoms with Crippen LogP contribution in [0.1, 0.15) is 32.6 Å². The van der Waals surface area contributed by atoms with Crippen LogP contribution in [0.4, 0.5) is 0 Å². The van der Waals surface area contributed by atoms with Gasteiger partial charge in [-0.3, -0.25) is 0 Å². The molecular weight excluding hydrogens is 162 g/mol. The average molecular weight is 183 g/mol. The van der Waals surface area contributed by atoms with Crippen molar-refractivity contribution in [3.63, 3.8) is 0 Å². The smallest absolute Gasteiger partial charge is 0.0590 e. The first-order chi connectivity index (χ1) is 6.31. The van der Waals surface area contributed by atoms with Gasteiger partial charge in [-0.25, -0.2) is 0 Å². The molecule has 1 saturated carbocycles. The molecule has 2 fully saturated rings. The first-order valence-electron chi connectivity index (χ1n) is 5.60. The maximum atomic E-state index is 5.61. The van der Waals surface area contributed by atoms with Crippen molar-refractivity contribution in [2.75, 3.05) is 13.7 Å². The molecule has 13 heavy (non-hydrogen) atoms. The number of ether oxygens (including phenoxy) is 1. The van der Waals surface area contributed by atoms with Crippen LogP contribution in [0.2, 0.25) is 0 Å². The van der Waals surface area contributed by atoms with Gasteiger partial charge in [0.1, 0.15) is 0 Å². The molecule has 0 bridgehead atoms. The number of rotatable bonds is 4. The first-order valence-corrected chi connectivity index (χ1v) is 5.60. The fraction of sp³-hybridized carbons (Fsp3) is 1.00. The molecular formula is C11H21NO. The van der Waals surface area contributed by atoms with Crippen molar-refractivity contribution in [1.29, 1.82) is 0 Å². The zero-order valence-corrected chi connectivity index (χ0v) is 8.75. The Morgan fingerprint density at radius 1 is 1.38 bits per heavy atom. The van der Waals surface area contributed by atoms with Gasteiger partial charge >= 0.3 is 0 Å². The van der Waals surface area contributed by atoms with E-state index < -0.39 is 0 Å². The van der Waals surface area contributed by atoms with Gasteiger partial charge in [0.2, 0.25) is 0 Å². The summed E-state index contributed by atoms with van der Waals surface area (Å²) in [5, 5.41) is 3.47. The lowest BCUT2D eigenvalue weighted by Crippen LogP contribution is -2.37. The average Bonchev–Trinajstić information content (AvgIpc) is 2.85. The van der Waals surface area contributed by atoms with Gasteiger partial charge in [-0.05, 0) is 32.7 Å². The lowest BCUT2D eigenvalue weighted by Gasteiger charge is -2.25. The molecule has 1 aliphatic heterocycles. The molecule has 0 spiro atoms. The molecule has 1 heterocycles. The monoisotopic (exact) mass is 183 g/mol. The van der Waals surface area contributed by atoms with Gasteiger partial charge in [-0.15, -0.1) is 0 Å². The van der Waals surface area contributed by atoms with Gasteiger partial charge in [0.15, 0.2) is 0 Å². The summed E-state index contributed by atoms with van der Waals surface area (Å²) in [5.41, 5.74) is 0. The molecule has 2 nitrogen and oxygen atoms in total. The molecule has 1 aliphatic carbocycles. The van der Waals surface area contributed by atoms with E-state index in [0.29, 0.717) is 12.1 Å². The zero-order chi connectivity index (χ0) is 9.26. The van der Waals surface area contributed by atoms with Crippen LogP contribution in [-0.2, 0) is 4.74 Å². The highest BCUT2D eigenvalue weighted by atomic mass is 16.5. The molecule has 0 aromatic carbocycles. The van der Waals surface area contributed by atoms with Crippen LogP contribution in [0.15, 0.2) is 0 Å². The first kappa shape index (κ1) is 9.47. The summed E-state index contributed by atoms with van der Waals surface area (Å²) >= 11 is 0. The van der Waals surface area contributed by atoms with Crippen molar-refractivity contribution in [2.45, 2.75) is 44.8 Å². The number of nitrogens with one attached hydrogen (secondary N) is 1. The Bertz CT molecular complexity index is 167. The minimum atomic E-state index is 0.469. The minimum absolute atomic E-state index is 0.469. The highest BCUT2D eigenvalue weighted by molar-refractivity contribution is 4.88. The predicted molar refractivity (Wildman–Crippen MR) is 53.7 cm³/mol. The van der Waals surface area contributed by atoms with Crippen LogP contribution in [0.3, 0.4) is 0 Å². The third-order valence-corrected chi connectivity index (χ3v) is 3.61. The van der Waals surface area contributed by atoms with Crippen LogP contribution in [-0.4, -0.2) is 25.8 Å². The Morgan fingerprint density at radius 3 is 2.62 bits per heavy atom. The summed E-state index contributed by atoms with van der Waals surface area (Å²) in [5.74, 6) is 1.77. The molecule has 76 valence electrons. The normalized spacial score (nSPS) is 36.5. The topological polar surface area (TPSA) is 21.3 Å². The van der Waals surface area contributed by atoms with Crippen molar-refractivity contribution < 1.29 is 4.74 Å². The Labute approximate surface area is 81.0 Å². The van der Waals surface area contributed by atoms with Crippen molar-refractivity contribution in [3.05, 3.63) is 0 Å². The molecule has 2 aliphatic rings. The van der Waals surface area contributed by atoms with Crippen molar-refractivity contribution in [1.82, 2.24) is 5.32 Å². The Kier molecular flexibility index (Phi) is 2.89. The summed E-state index contributed by atoms with van der Waals surface area (Å²) in [4.78, 5) is 0. The molecule has 2 heteroatoms. The van der Waals surface area contributed by atoms with Crippen LogP contribution < -0.4 is 5.32 Å². The summed E-state index contributed by atoms with van der Waals surface area (Å²) in [6.45, 7) is 3.18. The third kappa shape index (κ3) is 2.23. The van der Waals surface area contributed by atoms with Crippen molar-refractivity contribution >= 4 is 0 Å². The third-order valence-electron chi connectivity index (χ3n) is 3.61. The van der Waals surface area contributed by atoms with E-state index in [-0.39, 0.29) is 0 Å².